The maximum atomic E-state index is 13.8. The van der Waals surface area contributed by atoms with E-state index in [1.807, 2.05) is 6.92 Å². The van der Waals surface area contributed by atoms with Gasteiger partial charge in [0.25, 0.3) is 0 Å². The van der Waals surface area contributed by atoms with Crippen LogP contribution in [0.2, 0.25) is 0 Å². The van der Waals surface area contributed by atoms with Gasteiger partial charge in [0.15, 0.2) is 0 Å². The third-order valence-corrected chi connectivity index (χ3v) is 3.65. The van der Waals surface area contributed by atoms with Crippen molar-refractivity contribution < 1.29 is 13.6 Å². The van der Waals surface area contributed by atoms with Crippen molar-refractivity contribution in [1.82, 2.24) is 25.9 Å². The molecule has 2 atom stereocenters. The lowest BCUT2D eigenvalue weighted by atomic mass is 10.0. The highest BCUT2D eigenvalue weighted by molar-refractivity contribution is 5.75. The van der Waals surface area contributed by atoms with Crippen LogP contribution < -0.4 is 16.2 Å². The van der Waals surface area contributed by atoms with Gasteiger partial charge in [-0.15, -0.1) is 0 Å². The molecule has 1 aromatic heterocycles. The van der Waals surface area contributed by atoms with Crippen molar-refractivity contribution in [3.8, 4) is 0 Å². The van der Waals surface area contributed by atoms with Crippen LogP contribution in [0.25, 0.3) is 0 Å². The van der Waals surface area contributed by atoms with E-state index < -0.39 is 23.8 Å². The number of halogens is 2. The first kappa shape index (κ1) is 15.6. The molecule has 2 unspecified atom stereocenters. The number of carbonyl (C=O) groups is 1. The van der Waals surface area contributed by atoms with Crippen LogP contribution >= 0.6 is 0 Å². The quantitative estimate of drug-likeness (QED) is 0.790. The number of hydrazine groups is 1. The van der Waals surface area contributed by atoms with Crippen LogP contribution in [0.4, 0.5) is 8.78 Å². The van der Waals surface area contributed by atoms with Crippen LogP contribution in [0.1, 0.15) is 23.6 Å². The molecule has 1 aromatic carbocycles. The van der Waals surface area contributed by atoms with Crippen LogP contribution in [0, 0.1) is 18.6 Å². The Kier molecular flexibility index (Phi) is 4.35. The van der Waals surface area contributed by atoms with Gasteiger partial charge < -0.3 is 5.32 Å². The van der Waals surface area contributed by atoms with Gasteiger partial charge in [0.2, 0.25) is 5.91 Å². The van der Waals surface area contributed by atoms with E-state index in [0.29, 0.717) is 6.42 Å². The highest BCUT2D eigenvalue weighted by atomic mass is 19.1. The zero-order valence-corrected chi connectivity index (χ0v) is 12.5. The number of hydrogen-bond acceptors (Lipinski definition) is 4. The highest BCUT2D eigenvalue weighted by Gasteiger charge is 2.30. The number of hydrogen-bond donors (Lipinski definition) is 3. The number of aryl methyl sites for hydroxylation is 1. The summed E-state index contributed by atoms with van der Waals surface area (Å²) in [6.45, 7) is 1.97. The number of benzene rings is 1. The van der Waals surface area contributed by atoms with Crippen LogP contribution in [0.3, 0.4) is 0 Å². The highest BCUT2D eigenvalue weighted by Crippen LogP contribution is 2.26. The predicted octanol–water partition coefficient (Wildman–Crippen LogP) is 1.15. The lowest BCUT2D eigenvalue weighted by molar-refractivity contribution is -0.122. The van der Waals surface area contributed by atoms with E-state index >= 15 is 0 Å². The van der Waals surface area contributed by atoms with E-state index in [2.05, 4.69) is 21.3 Å². The van der Waals surface area contributed by atoms with E-state index in [1.165, 1.54) is 22.9 Å². The number of amides is 1. The summed E-state index contributed by atoms with van der Waals surface area (Å²) < 4.78 is 29.1. The van der Waals surface area contributed by atoms with E-state index in [4.69, 9.17) is 0 Å². The Morgan fingerprint density at radius 3 is 2.78 bits per heavy atom. The Labute approximate surface area is 131 Å². The van der Waals surface area contributed by atoms with Gasteiger partial charge in [-0.25, -0.2) is 19.6 Å². The van der Waals surface area contributed by atoms with E-state index in [9.17, 15) is 13.6 Å². The molecular formula is C15H17F2N5O. The minimum absolute atomic E-state index is 0.0283. The van der Waals surface area contributed by atoms with Crippen LogP contribution in [-0.2, 0) is 11.3 Å². The molecule has 1 saturated heterocycles. The van der Waals surface area contributed by atoms with Crippen molar-refractivity contribution >= 4 is 5.91 Å². The Balaban J connectivity index is 1.58. The fourth-order valence-electron chi connectivity index (χ4n) is 2.62. The van der Waals surface area contributed by atoms with E-state index in [1.54, 1.807) is 12.4 Å². The number of aromatic nitrogens is 2. The third-order valence-electron chi connectivity index (χ3n) is 3.65. The molecule has 8 heteroatoms. The average molecular weight is 321 g/mol. The largest absolute Gasteiger partial charge is 0.338 e. The minimum Gasteiger partial charge on any atom is -0.338 e. The minimum atomic E-state index is -0.608. The predicted molar refractivity (Wildman–Crippen MR) is 78.9 cm³/mol. The third kappa shape index (κ3) is 3.54. The Morgan fingerprint density at radius 1 is 1.39 bits per heavy atom. The second-order valence-corrected chi connectivity index (χ2v) is 5.55. The molecule has 1 aliphatic rings. The number of rotatable bonds is 4. The molecule has 2 aromatic rings. The van der Waals surface area contributed by atoms with Gasteiger partial charge in [-0.3, -0.25) is 9.48 Å². The molecule has 0 saturated carbocycles. The topological polar surface area (TPSA) is 71.0 Å². The van der Waals surface area contributed by atoms with Gasteiger partial charge in [-0.05, 0) is 24.6 Å². The summed E-state index contributed by atoms with van der Waals surface area (Å²) in [5, 5.41) is 6.79. The van der Waals surface area contributed by atoms with Crippen molar-refractivity contribution in [2.24, 2.45) is 0 Å². The monoisotopic (exact) mass is 321 g/mol. The maximum Gasteiger partial charge on any atom is 0.242 e. The molecule has 1 aliphatic heterocycles. The van der Waals surface area contributed by atoms with E-state index in [-0.39, 0.29) is 18.0 Å². The van der Waals surface area contributed by atoms with Gasteiger partial charge >= 0.3 is 0 Å². The van der Waals surface area contributed by atoms with Gasteiger partial charge in [0, 0.05) is 18.2 Å². The summed E-state index contributed by atoms with van der Waals surface area (Å²) in [5.74, 6) is -1.45. The second kappa shape index (κ2) is 6.43. The first-order valence-electron chi connectivity index (χ1n) is 7.26. The molecule has 0 aliphatic carbocycles. The summed E-state index contributed by atoms with van der Waals surface area (Å²) in [5.41, 5.74) is 6.59. The fourth-order valence-corrected chi connectivity index (χ4v) is 2.62. The SMILES string of the molecule is Cc1cnn(CC(=O)NC2CC(c3c(F)cccc3F)NN2)c1. The molecular weight excluding hydrogens is 304 g/mol. The molecule has 0 bridgehead atoms. The summed E-state index contributed by atoms with van der Waals surface area (Å²) in [7, 11) is 0. The zero-order valence-electron chi connectivity index (χ0n) is 12.5. The summed E-state index contributed by atoms with van der Waals surface area (Å²) in [6, 6.07) is 3.20. The Bertz CT molecular complexity index is 697. The maximum absolute atomic E-state index is 13.8. The number of nitrogens with zero attached hydrogens (tertiary/aromatic N) is 2. The summed E-state index contributed by atoms with van der Waals surface area (Å²) >= 11 is 0. The van der Waals surface area contributed by atoms with Crippen molar-refractivity contribution in [3.05, 3.63) is 53.4 Å². The molecule has 2 heterocycles. The summed E-state index contributed by atoms with van der Waals surface area (Å²) in [6.07, 6.45) is 3.35. The van der Waals surface area contributed by atoms with Crippen LogP contribution in [0.15, 0.2) is 30.6 Å². The first-order valence-corrected chi connectivity index (χ1v) is 7.26. The van der Waals surface area contributed by atoms with Gasteiger partial charge in [0.1, 0.15) is 18.2 Å². The normalized spacial score (nSPS) is 20.7. The number of nitrogens with one attached hydrogen (secondary N) is 3. The fraction of sp³-hybridized carbons (Fsp3) is 0.333. The lowest BCUT2D eigenvalue weighted by Gasteiger charge is -2.13. The molecule has 122 valence electrons. The molecule has 6 nitrogen and oxygen atoms in total. The lowest BCUT2D eigenvalue weighted by Crippen LogP contribution is -2.45. The smallest absolute Gasteiger partial charge is 0.242 e. The Hall–Kier alpha value is -2.32. The van der Waals surface area contributed by atoms with Gasteiger partial charge in [0.05, 0.1) is 18.4 Å². The second-order valence-electron chi connectivity index (χ2n) is 5.55. The Morgan fingerprint density at radius 2 is 2.13 bits per heavy atom. The van der Waals surface area contributed by atoms with E-state index in [0.717, 1.165) is 5.56 Å². The first-order chi connectivity index (χ1) is 11.0. The van der Waals surface area contributed by atoms with Crippen molar-refractivity contribution in [1.29, 1.82) is 0 Å². The molecule has 23 heavy (non-hydrogen) atoms. The zero-order chi connectivity index (χ0) is 16.4. The summed E-state index contributed by atoms with van der Waals surface area (Å²) in [4.78, 5) is 12.0. The van der Waals surface area contributed by atoms with Crippen LogP contribution in [0.5, 0.6) is 0 Å². The molecule has 3 N–H and O–H groups in total. The molecule has 1 fully saturated rings. The van der Waals surface area contributed by atoms with Crippen molar-refractivity contribution in [2.45, 2.75) is 32.1 Å². The molecule has 1 amide bonds. The van der Waals surface area contributed by atoms with Crippen molar-refractivity contribution in [2.75, 3.05) is 0 Å². The molecule has 3 rings (SSSR count). The van der Waals surface area contributed by atoms with Gasteiger partial charge in [-0.1, -0.05) is 6.07 Å². The molecule has 0 radical (unpaired) electrons. The van der Waals surface area contributed by atoms with Crippen molar-refractivity contribution in [3.63, 3.8) is 0 Å². The van der Waals surface area contributed by atoms with Crippen LogP contribution in [-0.4, -0.2) is 21.9 Å². The standard InChI is InChI=1S/C15H17F2N5O/c1-9-6-18-22(7-9)8-14(23)19-13-5-12(20-21-13)15-10(16)3-2-4-11(15)17/h2-4,6-7,12-13,20-21H,5,8H2,1H3,(H,19,23). The average Bonchev–Trinajstić information content (AvgIpc) is 3.08. The van der Waals surface area contributed by atoms with Gasteiger partial charge in [-0.2, -0.15) is 5.10 Å². The number of carbonyl (C=O) groups excluding carboxylic acids is 1. The molecule has 0 spiro atoms.